The Morgan fingerprint density at radius 2 is 2.06 bits per heavy atom. The topological polar surface area (TPSA) is 126 Å². The summed E-state index contributed by atoms with van der Waals surface area (Å²) in [6.45, 7) is 3.80. The van der Waals surface area contributed by atoms with Gasteiger partial charge in [-0.05, 0) is 42.7 Å². The molecule has 2 amide bonds. The van der Waals surface area contributed by atoms with E-state index >= 15 is 0 Å². The van der Waals surface area contributed by atoms with Crippen molar-refractivity contribution in [2.45, 2.75) is 38.3 Å². The number of halogens is 1. The number of carbonyl (C=O) groups excluding carboxylic acids is 2. The van der Waals surface area contributed by atoms with Crippen molar-refractivity contribution in [3.63, 3.8) is 0 Å². The predicted molar refractivity (Wildman–Crippen MR) is 125 cm³/mol. The summed E-state index contributed by atoms with van der Waals surface area (Å²) in [4.78, 5) is 24.6. The van der Waals surface area contributed by atoms with Gasteiger partial charge in [-0.15, -0.1) is 0 Å². The van der Waals surface area contributed by atoms with Gasteiger partial charge in [-0.3, -0.25) is 9.69 Å². The molecule has 178 valence electrons. The number of cyclic esters (lactones) is 1. The van der Waals surface area contributed by atoms with Crippen LogP contribution in [0.2, 0.25) is 0 Å². The normalized spacial score (nSPS) is 17.4. The molecule has 0 saturated carbocycles. The monoisotopic (exact) mass is 466 g/mol. The van der Waals surface area contributed by atoms with Crippen molar-refractivity contribution in [3.8, 4) is 11.1 Å². The van der Waals surface area contributed by atoms with Gasteiger partial charge in [0.2, 0.25) is 5.91 Å². The highest BCUT2D eigenvalue weighted by molar-refractivity contribution is 5.90. The van der Waals surface area contributed by atoms with Gasteiger partial charge in [-0.2, -0.15) is 15.4 Å². The molecule has 4 rings (SSSR count). The Kier molecular flexibility index (Phi) is 6.60. The van der Waals surface area contributed by atoms with Crippen molar-refractivity contribution in [2.75, 3.05) is 18.0 Å². The molecule has 10 heteroatoms. The number of amides is 2. The molecular formula is C24H27FN6O3. The van der Waals surface area contributed by atoms with Crippen molar-refractivity contribution < 1.29 is 18.7 Å². The van der Waals surface area contributed by atoms with Gasteiger partial charge in [-0.1, -0.05) is 24.3 Å². The van der Waals surface area contributed by atoms with Gasteiger partial charge in [0.15, 0.2) is 0 Å². The molecule has 2 aromatic carbocycles. The second-order valence-corrected chi connectivity index (χ2v) is 8.88. The van der Waals surface area contributed by atoms with E-state index < -0.39 is 23.6 Å². The standard InChI is InChI=1S/C24H27FN6O3/c1-15(32)27-13-20-14-31(23(33)34-20)19-7-8-21(22(25)9-19)17-5-3-16(4-6-17)10-24(2,26)11-18-12-28-30-29-18/h3-9,12,20H,10-11,13-14,26H2,1-2H3,(H,27,32)(H,28,29,30)/t20-,24?/m0/s1. The first kappa shape index (κ1) is 23.4. The summed E-state index contributed by atoms with van der Waals surface area (Å²) >= 11 is 0. The third-order valence-electron chi connectivity index (χ3n) is 5.64. The second-order valence-electron chi connectivity index (χ2n) is 8.88. The van der Waals surface area contributed by atoms with Crippen LogP contribution in [0.1, 0.15) is 25.1 Å². The van der Waals surface area contributed by atoms with Gasteiger partial charge in [0.1, 0.15) is 11.9 Å². The fourth-order valence-corrected chi connectivity index (χ4v) is 4.06. The number of carbonyl (C=O) groups is 2. The summed E-state index contributed by atoms with van der Waals surface area (Å²) in [6, 6.07) is 12.2. The predicted octanol–water partition coefficient (Wildman–Crippen LogP) is 2.57. The lowest BCUT2D eigenvalue weighted by Crippen LogP contribution is -2.41. The van der Waals surface area contributed by atoms with E-state index in [2.05, 4.69) is 20.7 Å². The number of ether oxygens (including phenoxy) is 1. The second kappa shape index (κ2) is 9.60. The van der Waals surface area contributed by atoms with Gasteiger partial charge >= 0.3 is 6.09 Å². The van der Waals surface area contributed by atoms with E-state index in [-0.39, 0.29) is 19.0 Å². The number of hydrogen-bond donors (Lipinski definition) is 3. The number of nitrogens with zero attached hydrogens (tertiary/aromatic N) is 3. The maximum absolute atomic E-state index is 15.0. The molecule has 0 radical (unpaired) electrons. The smallest absolute Gasteiger partial charge is 0.414 e. The molecule has 0 spiro atoms. The van der Waals surface area contributed by atoms with Crippen molar-refractivity contribution in [1.82, 2.24) is 20.7 Å². The Balaban J connectivity index is 1.43. The minimum absolute atomic E-state index is 0.207. The number of nitrogens with two attached hydrogens (primary N) is 1. The Labute approximate surface area is 196 Å². The van der Waals surface area contributed by atoms with E-state index in [9.17, 15) is 14.0 Å². The molecule has 3 aromatic rings. The summed E-state index contributed by atoms with van der Waals surface area (Å²) in [6.07, 6.45) is 1.81. The van der Waals surface area contributed by atoms with Gasteiger partial charge in [-0.25, -0.2) is 9.18 Å². The van der Waals surface area contributed by atoms with Crippen LogP contribution in [-0.4, -0.2) is 52.1 Å². The number of H-pyrrole nitrogens is 1. The lowest BCUT2D eigenvalue weighted by Gasteiger charge is -2.23. The Bertz CT molecular complexity index is 1160. The van der Waals surface area contributed by atoms with Gasteiger partial charge in [0.25, 0.3) is 0 Å². The number of anilines is 1. The van der Waals surface area contributed by atoms with E-state index in [1.807, 2.05) is 31.2 Å². The highest BCUT2D eigenvalue weighted by Gasteiger charge is 2.32. The zero-order valence-electron chi connectivity index (χ0n) is 19.0. The molecule has 4 N–H and O–H groups in total. The molecule has 1 aliphatic rings. The van der Waals surface area contributed by atoms with E-state index in [4.69, 9.17) is 10.5 Å². The Morgan fingerprint density at radius 1 is 1.29 bits per heavy atom. The maximum atomic E-state index is 15.0. The number of benzene rings is 2. The molecule has 2 atom stereocenters. The largest absolute Gasteiger partial charge is 0.442 e. The fourth-order valence-electron chi connectivity index (χ4n) is 4.06. The minimum Gasteiger partial charge on any atom is -0.442 e. The lowest BCUT2D eigenvalue weighted by molar-refractivity contribution is -0.119. The fraction of sp³-hybridized carbons (Fsp3) is 0.333. The molecule has 1 aromatic heterocycles. The number of nitrogens with one attached hydrogen (secondary N) is 2. The van der Waals surface area contributed by atoms with Crippen LogP contribution in [0.15, 0.2) is 48.7 Å². The van der Waals surface area contributed by atoms with E-state index in [0.29, 0.717) is 24.1 Å². The average Bonchev–Trinajstić information content (AvgIpc) is 3.41. The molecule has 34 heavy (non-hydrogen) atoms. The average molecular weight is 467 g/mol. The molecule has 1 aliphatic heterocycles. The zero-order chi connectivity index (χ0) is 24.3. The summed E-state index contributed by atoms with van der Waals surface area (Å²) in [5, 5.41) is 13.1. The van der Waals surface area contributed by atoms with Crippen LogP contribution in [-0.2, 0) is 22.4 Å². The number of aromatic nitrogens is 3. The van der Waals surface area contributed by atoms with Gasteiger partial charge in [0, 0.05) is 24.4 Å². The van der Waals surface area contributed by atoms with Crippen molar-refractivity contribution >= 4 is 17.7 Å². The summed E-state index contributed by atoms with van der Waals surface area (Å²) in [7, 11) is 0. The lowest BCUT2D eigenvalue weighted by atomic mass is 9.89. The molecule has 1 saturated heterocycles. The maximum Gasteiger partial charge on any atom is 0.414 e. The van der Waals surface area contributed by atoms with Crippen molar-refractivity contribution in [2.24, 2.45) is 5.73 Å². The van der Waals surface area contributed by atoms with E-state index in [1.54, 1.807) is 18.3 Å². The molecule has 0 bridgehead atoms. The van der Waals surface area contributed by atoms with Crippen LogP contribution in [0.4, 0.5) is 14.9 Å². The quantitative estimate of drug-likeness (QED) is 0.468. The molecular weight excluding hydrogens is 439 g/mol. The van der Waals surface area contributed by atoms with Crippen LogP contribution in [0.3, 0.4) is 0 Å². The summed E-state index contributed by atoms with van der Waals surface area (Å²) < 4.78 is 20.2. The first-order chi connectivity index (χ1) is 16.2. The Hall–Kier alpha value is -3.79. The number of hydrogen-bond acceptors (Lipinski definition) is 6. The highest BCUT2D eigenvalue weighted by Crippen LogP contribution is 2.29. The zero-order valence-corrected chi connectivity index (χ0v) is 19.0. The van der Waals surface area contributed by atoms with E-state index in [1.165, 1.54) is 17.9 Å². The van der Waals surface area contributed by atoms with Crippen LogP contribution in [0.25, 0.3) is 11.1 Å². The van der Waals surface area contributed by atoms with Gasteiger partial charge < -0.3 is 15.8 Å². The van der Waals surface area contributed by atoms with Crippen molar-refractivity contribution in [3.05, 3.63) is 65.7 Å². The first-order valence-electron chi connectivity index (χ1n) is 11.0. The van der Waals surface area contributed by atoms with Crippen LogP contribution >= 0.6 is 0 Å². The van der Waals surface area contributed by atoms with E-state index in [0.717, 1.165) is 16.8 Å². The minimum atomic E-state index is -0.567. The first-order valence-corrected chi connectivity index (χ1v) is 11.0. The number of aromatic amines is 1. The molecule has 2 heterocycles. The Morgan fingerprint density at radius 3 is 2.71 bits per heavy atom. The van der Waals surface area contributed by atoms with Crippen LogP contribution in [0, 0.1) is 5.82 Å². The molecule has 0 aliphatic carbocycles. The van der Waals surface area contributed by atoms with Gasteiger partial charge in [0.05, 0.1) is 30.7 Å². The highest BCUT2D eigenvalue weighted by atomic mass is 19.1. The van der Waals surface area contributed by atoms with Crippen LogP contribution in [0.5, 0.6) is 0 Å². The molecule has 1 unspecified atom stereocenters. The molecule has 1 fully saturated rings. The van der Waals surface area contributed by atoms with Crippen LogP contribution < -0.4 is 16.0 Å². The third-order valence-corrected chi connectivity index (χ3v) is 5.64. The number of rotatable bonds is 8. The summed E-state index contributed by atoms with van der Waals surface area (Å²) in [5.74, 6) is -0.653. The third kappa shape index (κ3) is 5.57. The summed E-state index contributed by atoms with van der Waals surface area (Å²) in [5.41, 5.74) is 9.31. The SMILES string of the molecule is CC(=O)NC[C@H]1CN(c2ccc(-c3ccc(CC(C)(N)Cc4cn[nH]n4)cc3)c(F)c2)C(=O)O1. The van der Waals surface area contributed by atoms with Crippen molar-refractivity contribution in [1.29, 1.82) is 0 Å². The molecule has 9 nitrogen and oxygen atoms in total.